The molecule has 1 amide bonds. The molecule has 0 spiro atoms. The van der Waals surface area contributed by atoms with Crippen molar-refractivity contribution in [2.45, 2.75) is 6.61 Å². The minimum absolute atomic E-state index is 0.0735. The Labute approximate surface area is 159 Å². The molecule has 1 N–H and O–H groups in total. The standard InChI is InChI=1S/C18H16ClN3O5/c1-22-16(18(24)25-2)14(9-20-22)21-17(23)15-8-7-13(27-15)10-26-12-5-3-11(19)4-6-12/h3-9H,10H2,1-2H3,(H,21,23). The first-order valence-electron chi connectivity index (χ1n) is 7.86. The first-order valence-corrected chi connectivity index (χ1v) is 8.24. The van der Waals surface area contributed by atoms with Crippen LogP contribution in [0.25, 0.3) is 0 Å². The van der Waals surface area contributed by atoms with Crippen molar-refractivity contribution in [2.24, 2.45) is 7.05 Å². The van der Waals surface area contributed by atoms with E-state index < -0.39 is 11.9 Å². The zero-order valence-electron chi connectivity index (χ0n) is 14.6. The van der Waals surface area contributed by atoms with Crippen LogP contribution < -0.4 is 10.1 Å². The Morgan fingerprint density at radius 1 is 1.22 bits per heavy atom. The molecule has 2 aromatic heterocycles. The minimum atomic E-state index is -0.609. The second-order valence-corrected chi connectivity index (χ2v) is 5.92. The van der Waals surface area contributed by atoms with Gasteiger partial charge in [0.15, 0.2) is 11.5 Å². The van der Waals surface area contributed by atoms with Gasteiger partial charge < -0.3 is 19.2 Å². The van der Waals surface area contributed by atoms with Crippen LogP contribution in [-0.2, 0) is 18.4 Å². The van der Waals surface area contributed by atoms with E-state index in [4.69, 9.17) is 20.8 Å². The Balaban J connectivity index is 1.65. The zero-order chi connectivity index (χ0) is 19.4. The summed E-state index contributed by atoms with van der Waals surface area (Å²) in [5.41, 5.74) is 0.355. The molecule has 9 heteroatoms. The number of aryl methyl sites for hydroxylation is 1. The number of hydrogen-bond donors (Lipinski definition) is 1. The van der Waals surface area contributed by atoms with Crippen molar-refractivity contribution in [3.63, 3.8) is 0 Å². The molecule has 8 nitrogen and oxygen atoms in total. The van der Waals surface area contributed by atoms with Gasteiger partial charge in [0.05, 0.1) is 19.0 Å². The number of esters is 1. The van der Waals surface area contributed by atoms with Crippen LogP contribution in [0, 0.1) is 0 Å². The van der Waals surface area contributed by atoms with E-state index in [0.717, 1.165) is 0 Å². The Bertz CT molecular complexity index is 962. The first-order chi connectivity index (χ1) is 13.0. The minimum Gasteiger partial charge on any atom is -0.486 e. The number of carbonyl (C=O) groups excluding carboxylic acids is 2. The van der Waals surface area contributed by atoms with Gasteiger partial charge in [-0.2, -0.15) is 5.10 Å². The number of anilines is 1. The number of ether oxygens (including phenoxy) is 2. The number of benzene rings is 1. The Hall–Kier alpha value is -3.26. The van der Waals surface area contributed by atoms with Crippen molar-refractivity contribution < 1.29 is 23.5 Å². The maximum Gasteiger partial charge on any atom is 0.358 e. The summed E-state index contributed by atoms with van der Waals surface area (Å²) in [5, 5.41) is 7.14. The number of aromatic nitrogens is 2. The number of furan rings is 1. The number of nitrogens with one attached hydrogen (secondary N) is 1. The third-order valence-electron chi connectivity index (χ3n) is 3.65. The number of amides is 1. The van der Waals surface area contributed by atoms with Crippen molar-refractivity contribution in [1.82, 2.24) is 9.78 Å². The van der Waals surface area contributed by atoms with E-state index in [1.807, 2.05) is 0 Å². The van der Waals surface area contributed by atoms with E-state index in [0.29, 0.717) is 16.5 Å². The number of hydrogen-bond acceptors (Lipinski definition) is 6. The Kier molecular flexibility index (Phi) is 5.46. The van der Waals surface area contributed by atoms with E-state index in [-0.39, 0.29) is 23.7 Å². The molecule has 3 rings (SSSR count). The van der Waals surface area contributed by atoms with Crippen LogP contribution in [-0.4, -0.2) is 28.8 Å². The fourth-order valence-corrected chi connectivity index (χ4v) is 2.44. The van der Waals surface area contributed by atoms with E-state index in [9.17, 15) is 9.59 Å². The molecule has 0 unspecified atom stereocenters. The molecule has 0 saturated carbocycles. The maximum absolute atomic E-state index is 12.4. The predicted molar refractivity (Wildman–Crippen MR) is 97.0 cm³/mol. The zero-order valence-corrected chi connectivity index (χ0v) is 15.3. The smallest absolute Gasteiger partial charge is 0.358 e. The highest BCUT2D eigenvalue weighted by molar-refractivity contribution is 6.30. The molecule has 3 aromatic rings. The molecule has 0 radical (unpaired) electrons. The summed E-state index contributed by atoms with van der Waals surface area (Å²) in [4.78, 5) is 24.2. The van der Waals surface area contributed by atoms with Gasteiger partial charge >= 0.3 is 5.97 Å². The summed E-state index contributed by atoms with van der Waals surface area (Å²) < 4.78 is 17.1. The highest BCUT2D eigenvalue weighted by Crippen LogP contribution is 2.19. The van der Waals surface area contributed by atoms with Crippen LogP contribution >= 0.6 is 11.6 Å². The van der Waals surface area contributed by atoms with Crippen molar-refractivity contribution in [1.29, 1.82) is 0 Å². The predicted octanol–water partition coefficient (Wildman–Crippen LogP) is 3.28. The van der Waals surface area contributed by atoms with E-state index in [1.165, 1.54) is 24.1 Å². The van der Waals surface area contributed by atoms with Crippen LogP contribution in [0.2, 0.25) is 5.02 Å². The topological polar surface area (TPSA) is 95.6 Å². The summed E-state index contributed by atoms with van der Waals surface area (Å²) in [6.45, 7) is 0.148. The fourth-order valence-electron chi connectivity index (χ4n) is 2.31. The highest BCUT2D eigenvalue weighted by atomic mass is 35.5. The average Bonchev–Trinajstić information content (AvgIpc) is 3.28. The number of rotatable bonds is 6. The molecule has 0 saturated heterocycles. The van der Waals surface area contributed by atoms with Crippen molar-refractivity contribution in [3.8, 4) is 5.75 Å². The third-order valence-corrected chi connectivity index (χ3v) is 3.90. The van der Waals surface area contributed by atoms with Crippen molar-refractivity contribution in [3.05, 3.63) is 64.8 Å². The average molecular weight is 390 g/mol. The molecular formula is C18H16ClN3O5. The quantitative estimate of drug-likeness (QED) is 0.650. The van der Waals surface area contributed by atoms with E-state index in [2.05, 4.69) is 15.2 Å². The highest BCUT2D eigenvalue weighted by Gasteiger charge is 2.21. The molecule has 140 valence electrons. The van der Waals surface area contributed by atoms with Gasteiger partial charge in [0, 0.05) is 12.1 Å². The molecule has 0 atom stereocenters. The molecule has 0 bridgehead atoms. The molecule has 0 aliphatic heterocycles. The fraction of sp³-hybridized carbons (Fsp3) is 0.167. The molecular weight excluding hydrogens is 374 g/mol. The molecule has 2 heterocycles. The molecule has 0 aliphatic rings. The Morgan fingerprint density at radius 3 is 2.67 bits per heavy atom. The summed E-state index contributed by atoms with van der Waals surface area (Å²) >= 11 is 5.82. The van der Waals surface area contributed by atoms with Gasteiger partial charge in [-0.05, 0) is 36.4 Å². The largest absolute Gasteiger partial charge is 0.486 e. The summed E-state index contributed by atoms with van der Waals surface area (Å²) in [6.07, 6.45) is 1.36. The van der Waals surface area contributed by atoms with Crippen molar-refractivity contribution >= 4 is 29.2 Å². The SMILES string of the molecule is COC(=O)c1c(NC(=O)c2ccc(COc3ccc(Cl)cc3)o2)cnn1C. The van der Waals surface area contributed by atoms with Gasteiger partial charge in [0.25, 0.3) is 5.91 Å². The van der Waals surface area contributed by atoms with Crippen LogP contribution in [0.3, 0.4) is 0 Å². The number of methoxy groups -OCH3 is 1. The van der Waals surface area contributed by atoms with Crippen LogP contribution in [0.5, 0.6) is 5.75 Å². The van der Waals surface area contributed by atoms with Crippen LogP contribution in [0.4, 0.5) is 5.69 Å². The van der Waals surface area contributed by atoms with E-state index in [1.54, 1.807) is 37.4 Å². The first kappa shape index (κ1) is 18.5. The molecule has 27 heavy (non-hydrogen) atoms. The lowest BCUT2D eigenvalue weighted by Gasteiger charge is -2.05. The molecule has 0 fully saturated rings. The van der Waals surface area contributed by atoms with Gasteiger partial charge in [-0.3, -0.25) is 9.48 Å². The van der Waals surface area contributed by atoms with Crippen molar-refractivity contribution in [2.75, 3.05) is 12.4 Å². The lowest BCUT2D eigenvalue weighted by Crippen LogP contribution is -2.16. The molecule has 0 aliphatic carbocycles. The molecule has 1 aromatic carbocycles. The second-order valence-electron chi connectivity index (χ2n) is 5.48. The van der Waals surface area contributed by atoms with Gasteiger partial charge in [-0.1, -0.05) is 11.6 Å². The van der Waals surface area contributed by atoms with Crippen LogP contribution in [0.15, 0.2) is 47.0 Å². The summed E-state index contributed by atoms with van der Waals surface area (Å²) in [7, 11) is 2.82. The lowest BCUT2D eigenvalue weighted by molar-refractivity contribution is 0.0589. The summed E-state index contributed by atoms with van der Waals surface area (Å²) in [5.74, 6) is 0.0337. The second kappa shape index (κ2) is 7.96. The normalized spacial score (nSPS) is 10.5. The monoisotopic (exact) mass is 389 g/mol. The van der Waals surface area contributed by atoms with E-state index >= 15 is 0 Å². The third kappa shape index (κ3) is 4.29. The van der Waals surface area contributed by atoms with Gasteiger partial charge in [-0.15, -0.1) is 0 Å². The van der Waals surface area contributed by atoms with Gasteiger partial charge in [0.1, 0.15) is 18.1 Å². The summed E-state index contributed by atoms with van der Waals surface area (Å²) in [6, 6.07) is 10.0. The number of nitrogens with zero attached hydrogens (tertiary/aromatic N) is 2. The maximum atomic E-state index is 12.4. The number of carbonyl (C=O) groups is 2. The lowest BCUT2D eigenvalue weighted by atomic mass is 10.3. The van der Waals surface area contributed by atoms with Crippen LogP contribution in [0.1, 0.15) is 26.8 Å². The van der Waals surface area contributed by atoms with Gasteiger partial charge in [0.2, 0.25) is 0 Å². The Morgan fingerprint density at radius 2 is 1.96 bits per heavy atom. The number of halogens is 1. The van der Waals surface area contributed by atoms with Gasteiger partial charge in [-0.25, -0.2) is 4.79 Å².